The summed E-state index contributed by atoms with van der Waals surface area (Å²) in [6.07, 6.45) is 2.15. The Balaban J connectivity index is 1.93. The van der Waals surface area contributed by atoms with Crippen LogP contribution in [0.2, 0.25) is 0 Å². The van der Waals surface area contributed by atoms with Crippen LogP contribution in [0.1, 0.15) is 31.7 Å². The van der Waals surface area contributed by atoms with Crippen molar-refractivity contribution in [3.8, 4) is 0 Å². The number of benzene rings is 1. The van der Waals surface area contributed by atoms with Gasteiger partial charge in [0.05, 0.1) is 0 Å². The van der Waals surface area contributed by atoms with Crippen LogP contribution in [-0.2, 0) is 15.1 Å². The molecule has 2 aliphatic rings. The summed E-state index contributed by atoms with van der Waals surface area (Å²) >= 11 is 0. The molecule has 3 rings (SSSR count). The van der Waals surface area contributed by atoms with E-state index in [-0.39, 0.29) is 11.4 Å². The summed E-state index contributed by atoms with van der Waals surface area (Å²) in [5, 5.41) is 0. The first-order valence-corrected chi connectivity index (χ1v) is 5.69. The van der Waals surface area contributed by atoms with Gasteiger partial charge in [0.1, 0.15) is 11.4 Å². The molecule has 2 nitrogen and oxygen atoms in total. The molecule has 82 valence electrons. The first-order chi connectivity index (χ1) is 7.69. The van der Waals surface area contributed by atoms with E-state index in [0.29, 0.717) is 6.42 Å². The molecule has 0 saturated heterocycles. The smallest absolute Gasteiger partial charge is 0.162 e. The van der Waals surface area contributed by atoms with Crippen LogP contribution in [-0.4, -0.2) is 5.78 Å². The van der Waals surface area contributed by atoms with Crippen molar-refractivity contribution >= 4 is 5.78 Å². The maximum absolute atomic E-state index is 11.6. The normalized spacial score (nSPS) is 28.2. The van der Waals surface area contributed by atoms with Crippen LogP contribution in [0.3, 0.4) is 0 Å². The topological polar surface area (TPSA) is 26.3 Å². The van der Waals surface area contributed by atoms with Crippen molar-refractivity contribution in [3.05, 3.63) is 47.2 Å². The van der Waals surface area contributed by atoms with Crippen LogP contribution in [0, 0.1) is 0 Å². The molecule has 0 spiro atoms. The van der Waals surface area contributed by atoms with Crippen LogP contribution >= 0.6 is 0 Å². The molecule has 0 amide bonds. The van der Waals surface area contributed by atoms with E-state index in [1.807, 2.05) is 18.2 Å². The Morgan fingerprint density at radius 3 is 2.62 bits per heavy atom. The summed E-state index contributed by atoms with van der Waals surface area (Å²) < 4.78 is 5.99. The van der Waals surface area contributed by atoms with E-state index < -0.39 is 0 Å². The van der Waals surface area contributed by atoms with E-state index in [9.17, 15) is 4.79 Å². The van der Waals surface area contributed by atoms with E-state index in [1.165, 1.54) is 0 Å². The zero-order chi connectivity index (χ0) is 11.2. The molecule has 0 bridgehead atoms. The number of rotatable bonds is 1. The lowest BCUT2D eigenvalue weighted by atomic mass is 9.90. The van der Waals surface area contributed by atoms with Gasteiger partial charge < -0.3 is 4.74 Å². The van der Waals surface area contributed by atoms with E-state index in [2.05, 4.69) is 19.1 Å². The average molecular weight is 214 g/mol. The highest BCUT2D eigenvalue weighted by atomic mass is 16.5. The Labute approximate surface area is 94.9 Å². The lowest BCUT2D eigenvalue weighted by molar-refractivity contribution is -0.115. The van der Waals surface area contributed by atoms with Crippen LogP contribution < -0.4 is 0 Å². The van der Waals surface area contributed by atoms with Gasteiger partial charge in [-0.1, -0.05) is 30.3 Å². The zero-order valence-electron chi connectivity index (χ0n) is 9.32. The fourth-order valence-electron chi connectivity index (χ4n) is 2.59. The molecule has 1 atom stereocenters. The van der Waals surface area contributed by atoms with Crippen molar-refractivity contribution < 1.29 is 9.53 Å². The molecule has 2 heteroatoms. The molecule has 1 aliphatic carbocycles. The molecule has 0 saturated carbocycles. The lowest BCUT2D eigenvalue weighted by Crippen LogP contribution is -2.22. The van der Waals surface area contributed by atoms with Gasteiger partial charge in [0.2, 0.25) is 0 Å². The highest BCUT2D eigenvalue weighted by Crippen LogP contribution is 2.46. The van der Waals surface area contributed by atoms with E-state index in [1.54, 1.807) is 0 Å². The highest BCUT2D eigenvalue weighted by molar-refractivity contribution is 5.99. The maximum atomic E-state index is 11.6. The largest absolute Gasteiger partial charge is 0.486 e. The number of allylic oxidation sites excluding steroid dienone is 1. The quantitative estimate of drug-likeness (QED) is 0.718. The lowest BCUT2D eigenvalue weighted by Gasteiger charge is -2.26. The Morgan fingerprint density at radius 1 is 1.19 bits per heavy atom. The summed E-state index contributed by atoms with van der Waals surface area (Å²) in [5.74, 6) is 1.20. The molecule has 1 heterocycles. The van der Waals surface area contributed by atoms with Crippen LogP contribution in [0.4, 0.5) is 0 Å². The number of hydrogen-bond acceptors (Lipinski definition) is 2. The molecule has 0 fully saturated rings. The molecule has 1 aromatic rings. The molecule has 1 aliphatic heterocycles. The first-order valence-electron chi connectivity index (χ1n) is 5.69. The number of carbonyl (C=O) groups excluding carboxylic acids is 1. The number of ketones is 1. The van der Waals surface area contributed by atoms with E-state index >= 15 is 0 Å². The highest BCUT2D eigenvalue weighted by Gasteiger charge is 2.42. The van der Waals surface area contributed by atoms with Gasteiger partial charge in [-0.15, -0.1) is 0 Å². The number of hydrogen-bond donors (Lipinski definition) is 0. The summed E-state index contributed by atoms with van der Waals surface area (Å²) in [6, 6.07) is 10.1. The fraction of sp³-hybridized carbons (Fsp3) is 0.357. The predicted molar refractivity (Wildman–Crippen MR) is 60.8 cm³/mol. The third-order valence-corrected chi connectivity index (χ3v) is 3.50. The van der Waals surface area contributed by atoms with Crippen LogP contribution in [0.5, 0.6) is 0 Å². The molecular weight excluding hydrogens is 200 g/mol. The van der Waals surface area contributed by atoms with Crippen molar-refractivity contribution in [3.63, 3.8) is 0 Å². The zero-order valence-corrected chi connectivity index (χ0v) is 9.32. The molecule has 1 unspecified atom stereocenters. The minimum absolute atomic E-state index is 0.273. The average Bonchev–Trinajstić information content (AvgIpc) is 2.80. The second-order valence-electron chi connectivity index (χ2n) is 4.70. The molecule has 0 aromatic heterocycles. The van der Waals surface area contributed by atoms with Gasteiger partial charge >= 0.3 is 0 Å². The maximum Gasteiger partial charge on any atom is 0.162 e. The summed E-state index contributed by atoms with van der Waals surface area (Å²) in [6.45, 7) is 2.06. The van der Waals surface area contributed by atoms with Crippen LogP contribution in [0.15, 0.2) is 41.7 Å². The van der Waals surface area contributed by atoms with Gasteiger partial charge in [0, 0.05) is 24.8 Å². The summed E-state index contributed by atoms with van der Waals surface area (Å²) in [4.78, 5) is 11.6. The Bertz CT molecular complexity index is 473. The monoisotopic (exact) mass is 214 g/mol. The standard InChI is InChI=1S/C14H14O2/c1-14(10-5-3-2-4-6-10)9-11-12(15)7-8-13(11)16-14/h2-6H,7-9H2,1H3. The van der Waals surface area contributed by atoms with Gasteiger partial charge in [-0.2, -0.15) is 0 Å². The third kappa shape index (κ3) is 1.29. The van der Waals surface area contributed by atoms with Gasteiger partial charge in [0.25, 0.3) is 0 Å². The molecule has 0 radical (unpaired) electrons. The summed E-state index contributed by atoms with van der Waals surface area (Å²) in [5.41, 5.74) is 1.74. The fourth-order valence-corrected chi connectivity index (χ4v) is 2.59. The minimum atomic E-state index is -0.331. The van der Waals surface area contributed by atoms with Crippen LogP contribution in [0.25, 0.3) is 0 Å². The van der Waals surface area contributed by atoms with E-state index in [0.717, 1.165) is 29.7 Å². The Morgan fingerprint density at radius 2 is 1.94 bits per heavy atom. The molecule has 16 heavy (non-hydrogen) atoms. The third-order valence-electron chi connectivity index (χ3n) is 3.50. The molecular formula is C14H14O2. The SMILES string of the molecule is CC1(c2ccccc2)CC2=C(CCC2=O)O1. The first kappa shape index (κ1) is 9.64. The van der Waals surface area contributed by atoms with Crippen molar-refractivity contribution in [1.82, 2.24) is 0 Å². The number of carbonyl (C=O) groups is 1. The second-order valence-corrected chi connectivity index (χ2v) is 4.70. The number of ether oxygens (including phenoxy) is 1. The molecule has 0 N–H and O–H groups in total. The predicted octanol–water partition coefficient (Wildman–Crippen LogP) is 2.94. The minimum Gasteiger partial charge on any atom is -0.486 e. The van der Waals surface area contributed by atoms with Crippen molar-refractivity contribution in [2.24, 2.45) is 0 Å². The van der Waals surface area contributed by atoms with Crippen molar-refractivity contribution in [1.29, 1.82) is 0 Å². The van der Waals surface area contributed by atoms with Gasteiger partial charge in [0.15, 0.2) is 5.78 Å². The second kappa shape index (κ2) is 3.21. The Hall–Kier alpha value is -1.57. The summed E-state index contributed by atoms with van der Waals surface area (Å²) in [7, 11) is 0. The van der Waals surface area contributed by atoms with E-state index in [4.69, 9.17) is 4.74 Å². The van der Waals surface area contributed by atoms with Crippen molar-refractivity contribution in [2.45, 2.75) is 31.8 Å². The Kier molecular flexibility index (Phi) is 1.93. The van der Waals surface area contributed by atoms with Gasteiger partial charge in [-0.25, -0.2) is 0 Å². The van der Waals surface area contributed by atoms with Gasteiger partial charge in [-0.3, -0.25) is 4.79 Å². The van der Waals surface area contributed by atoms with Gasteiger partial charge in [-0.05, 0) is 12.5 Å². The molecule has 1 aromatic carbocycles. The van der Waals surface area contributed by atoms with Crippen molar-refractivity contribution in [2.75, 3.05) is 0 Å². The number of Topliss-reactive ketones (excluding diaryl/α,β-unsaturated/α-hetero) is 1.